The van der Waals surface area contributed by atoms with Gasteiger partial charge in [-0.15, -0.1) is 0 Å². The number of hydrogen-bond acceptors (Lipinski definition) is 5. The van der Waals surface area contributed by atoms with E-state index in [9.17, 15) is 23.7 Å². The van der Waals surface area contributed by atoms with Gasteiger partial charge in [0, 0.05) is 0 Å². The van der Waals surface area contributed by atoms with Crippen LogP contribution in [0.15, 0.2) is 6.20 Å². The summed E-state index contributed by atoms with van der Waals surface area (Å²) in [5.74, 6) is -2.35. The number of carboxylic acid groups (broad SMARTS) is 1. The Morgan fingerprint density at radius 1 is 1.65 bits per heavy atom. The summed E-state index contributed by atoms with van der Waals surface area (Å²) in [5, 5.41) is 19.4. The Bertz CT molecular complexity index is 477. The van der Waals surface area contributed by atoms with E-state index in [-0.39, 0.29) is 0 Å². The second kappa shape index (κ2) is 4.68. The Morgan fingerprint density at radius 2 is 2.24 bits per heavy atom. The van der Waals surface area contributed by atoms with Crippen LogP contribution in [0.4, 0.5) is 14.5 Å². The van der Waals surface area contributed by atoms with Gasteiger partial charge in [-0.05, 0) is 0 Å². The summed E-state index contributed by atoms with van der Waals surface area (Å²) in [4.78, 5) is 23.5. The summed E-state index contributed by atoms with van der Waals surface area (Å²) < 4.78 is 29.5. The number of alkyl halides is 2. The minimum atomic E-state index is -3.23. The van der Waals surface area contributed by atoms with Gasteiger partial charge in [0.2, 0.25) is 5.75 Å². The summed E-state index contributed by atoms with van der Waals surface area (Å²) >= 11 is 0. The highest BCUT2D eigenvalue weighted by Crippen LogP contribution is 2.35. The maximum absolute atomic E-state index is 12.5. The first-order valence-corrected chi connectivity index (χ1v) is 4.12. The molecule has 0 amide bonds. The first kappa shape index (κ1) is 12.7. The van der Waals surface area contributed by atoms with Gasteiger partial charge >= 0.3 is 11.7 Å². The number of pyridine rings is 1. The monoisotopic (exact) mass is 248 g/mol. The zero-order valence-electron chi connectivity index (χ0n) is 8.39. The molecule has 0 aliphatic rings. The predicted octanol–water partition coefficient (Wildman–Crippen LogP) is 1.63. The normalized spacial score (nSPS) is 10.4. The first-order chi connectivity index (χ1) is 7.90. The summed E-state index contributed by atoms with van der Waals surface area (Å²) in [6.45, 7) is 0. The molecule has 1 aromatic rings. The lowest BCUT2D eigenvalue weighted by Gasteiger charge is -2.07. The van der Waals surface area contributed by atoms with Gasteiger partial charge in [-0.25, -0.2) is 18.6 Å². The van der Waals surface area contributed by atoms with E-state index in [2.05, 4.69) is 9.72 Å². The lowest BCUT2D eigenvalue weighted by atomic mass is 10.1. The van der Waals surface area contributed by atoms with Gasteiger partial charge in [-0.3, -0.25) is 10.1 Å². The minimum absolute atomic E-state index is 0.489. The van der Waals surface area contributed by atoms with Crippen LogP contribution >= 0.6 is 0 Å². The Labute approximate surface area is 92.8 Å². The Kier molecular flexibility index (Phi) is 3.51. The van der Waals surface area contributed by atoms with Crippen LogP contribution in [0.1, 0.15) is 22.5 Å². The van der Waals surface area contributed by atoms with Crippen LogP contribution in [-0.4, -0.2) is 28.1 Å². The van der Waals surface area contributed by atoms with Gasteiger partial charge in [0.15, 0.2) is 5.56 Å². The first-order valence-electron chi connectivity index (χ1n) is 4.12. The molecule has 9 heteroatoms. The molecule has 0 atom stereocenters. The number of carboxylic acids is 1. The fourth-order valence-corrected chi connectivity index (χ4v) is 1.21. The van der Waals surface area contributed by atoms with Crippen LogP contribution in [0.5, 0.6) is 5.75 Å². The minimum Gasteiger partial charge on any atom is -0.489 e. The Hall–Kier alpha value is -2.32. The van der Waals surface area contributed by atoms with E-state index >= 15 is 0 Å². The van der Waals surface area contributed by atoms with Crippen molar-refractivity contribution < 1.29 is 28.3 Å². The summed E-state index contributed by atoms with van der Waals surface area (Å²) in [7, 11) is 1.04. The number of nitrogens with zero attached hydrogens (tertiary/aromatic N) is 2. The maximum atomic E-state index is 12.5. The fourth-order valence-electron chi connectivity index (χ4n) is 1.21. The van der Waals surface area contributed by atoms with Crippen LogP contribution in [0.3, 0.4) is 0 Å². The van der Waals surface area contributed by atoms with Crippen LogP contribution in [0.2, 0.25) is 0 Å². The molecule has 0 spiro atoms. The third kappa shape index (κ3) is 2.27. The third-order valence-corrected chi connectivity index (χ3v) is 1.87. The molecule has 1 N–H and O–H groups in total. The second-order valence-corrected chi connectivity index (χ2v) is 2.80. The Morgan fingerprint density at radius 3 is 2.59 bits per heavy atom. The number of aromatic carboxylic acids is 1. The van der Waals surface area contributed by atoms with E-state index in [0.29, 0.717) is 6.20 Å². The van der Waals surface area contributed by atoms with Crippen LogP contribution in [0.25, 0.3) is 0 Å². The van der Waals surface area contributed by atoms with Crippen molar-refractivity contribution in [3.8, 4) is 5.75 Å². The van der Waals surface area contributed by atoms with Crippen LogP contribution in [0, 0.1) is 10.1 Å². The van der Waals surface area contributed by atoms with Crippen molar-refractivity contribution in [2.75, 3.05) is 7.11 Å². The number of rotatable bonds is 4. The molecular weight excluding hydrogens is 242 g/mol. The van der Waals surface area contributed by atoms with E-state index in [0.717, 1.165) is 7.11 Å². The van der Waals surface area contributed by atoms with E-state index in [4.69, 9.17) is 5.11 Å². The number of nitro groups is 1. The highest BCUT2D eigenvalue weighted by atomic mass is 19.3. The molecule has 0 unspecified atom stereocenters. The van der Waals surface area contributed by atoms with Gasteiger partial charge in [0.25, 0.3) is 6.43 Å². The molecule has 92 valence electrons. The van der Waals surface area contributed by atoms with Crippen LogP contribution in [-0.2, 0) is 0 Å². The highest BCUT2D eigenvalue weighted by molar-refractivity contribution is 5.95. The molecule has 0 aromatic carbocycles. The van der Waals surface area contributed by atoms with Crippen molar-refractivity contribution in [2.45, 2.75) is 6.43 Å². The van der Waals surface area contributed by atoms with E-state index in [1.165, 1.54) is 0 Å². The fraction of sp³-hybridized carbons (Fsp3) is 0.250. The van der Waals surface area contributed by atoms with Gasteiger partial charge in [0.05, 0.1) is 18.2 Å². The number of ether oxygens (including phenoxy) is 1. The number of halogens is 2. The molecule has 1 aromatic heterocycles. The number of methoxy groups -OCH3 is 1. The molecule has 7 nitrogen and oxygen atoms in total. The summed E-state index contributed by atoms with van der Waals surface area (Å²) in [6.07, 6.45) is -2.54. The topological polar surface area (TPSA) is 103 Å². The van der Waals surface area contributed by atoms with E-state index in [1.54, 1.807) is 0 Å². The molecule has 0 fully saturated rings. The average Bonchev–Trinajstić information content (AvgIpc) is 2.26. The van der Waals surface area contributed by atoms with Gasteiger partial charge in [-0.2, -0.15) is 0 Å². The molecular formula is C8H6F2N2O5. The number of carbonyl (C=O) groups is 1. The largest absolute Gasteiger partial charge is 0.489 e. The molecule has 0 aliphatic heterocycles. The molecule has 0 bridgehead atoms. The molecule has 17 heavy (non-hydrogen) atoms. The summed E-state index contributed by atoms with van der Waals surface area (Å²) in [5.41, 5.74) is -3.36. The van der Waals surface area contributed by atoms with E-state index < -0.39 is 40.0 Å². The molecule has 1 rings (SSSR count). The maximum Gasteiger partial charge on any atom is 0.345 e. The average molecular weight is 248 g/mol. The molecule has 0 radical (unpaired) electrons. The Balaban J connectivity index is 3.65. The highest BCUT2D eigenvalue weighted by Gasteiger charge is 2.33. The zero-order chi connectivity index (χ0) is 13.2. The van der Waals surface area contributed by atoms with Crippen molar-refractivity contribution in [3.05, 3.63) is 27.6 Å². The van der Waals surface area contributed by atoms with Crippen molar-refractivity contribution in [2.24, 2.45) is 0 Å². The number of hydrogen-bond donors (Lipinski definition) is 1. The van der Waals surface area contributed by atoms with E-state index in [1.807, 2.05) is 0 Å². The number of aromatic nitrogens is 1. The lowest BCUT2D eigenvalue weighted by molar-refractivity contribution is -0.386. The van der Waals surface area contributed by atoms with Crippen molar-refractivity contribution >= 4 is 11.7 Å². The molecule has 0 aliphatic carbocycles. The smallest absolute Gasteiger partial charge is 0.345 e. The van der Waals surface area contributed by atoms with Gasteiger partial charge < -0.3 is 9.84 Å². The lowest BCUT2D eigenvalue weighted by Crippen LogP contribution is -2.11. The molecule has 0 saturated heterocycles. The predicted molar refractivity (Wildman–Crippen MR) is 49.4 cm³/mol. The van der Waals surface area contributed by atoms with Gasteiger partial charge in [0.1, 0.15) is 5.69 Å². The van der Waals surface area contributed by atoms with Gasteiger partial charge in [-0.1, -0.05) is 0 Å². The zero-order valence-corrected chi connectivity index (χ0v) is 8.39. The molecule has 1 heterocycles. The van der Waals surface area contributed by atoms with Crippen molar-refractivity contribution in [1.29, 1.82) is 0 Å². The third-order valence-electron chi connectivity index (χ3n) is 1.87. The SMILES string of the molecule is COc1cnc(C(F)F)c(C(=O)O)c1[N+](=O)[O-]. The van der Waals surface area contributed by atoms with Crippen molar-refractivity contribution in [1.82, 2.24) is 4.98 Å². The van der Waals surface area contributed by atoms with Crippen LogP contribution < -0.4 is 4.74 Å². The standard InChI is InChI=1S/C8H6F2N2O5/c1-17-3-2-11-5(7(9)10)4(8(13)14)6(3)12(15)16/h2,7H,1H3,(H,13,14). The molecule has 0 saturated carbocycles. The quantitative estimate of drug-likeness (QED) is 0.641. The summed E-state index contributed by atoms with van der Waals surface area (Å²) in [6, 6.07) is 0. The second-order valence-electron chi connectivity index (χ2n) is 2.80. The van der Waals surface area contributed by atoms with Crippen molar-refractivity contribution in [3.63, 3.8) is 0 Å².